The number of imide groups is 1. The van der Waals surface area contributed by atoms with Crippen molar-refractivity contribution in [2.24, 2.45) is 0 Å². The maximum atomic E-state index is 10.9. The second kappa shape index (κ2) is 7.36. The Morgan fingerprint density at radius 2 is 1.50 bits per heavy atom. The first-order valence-electron chi connectivity index (χ1n) is 4.68. The summed E-state index contributed by atoms with van der Waals surface area (Å²) in [4.78, 5) is 21.8. The summed E-state index contributed by atoms with van der Waals surface area (Å²) >= 11 is 0. The molecule has 86 valence electrons. The van der Waals surface area contributed by atoms with E-state index in [1.165, 1.54) is 12.2 Å². The summed E-state index contributed by atoms with van der Waals surface area (Å²) in [6, 6.07) is 0. The quantitative estimate of drug-likeness (QED) is 0.546. The van der Waals surface area contributed by atoms with Crippen LogP contribution in [0.15, 0.2) is 49.1 Å². The van der Waals surface area contributed by atoms with Crippen LogP contribution in [-0.4, -0.2) is 23.5 Å². The molecule has 0 aromatic rings. The largest absolute Gasteiger partial charge is 0.396 e. The number of rotatable bonds is 4. The van der Waals surface area contributed by atoms with E-state index in [1.54, 1.807) is 6.08 Å². The highest BCUT2D eigenvalue weighted by Gasteiger charge is 2.25. The third-order valence-electron chi connectivity index (χ3n) is 1.75. The lowest BCUT2D eigenvalue weighted by molar-refractivity contribution is -0.123. The minimum atomic E-state index is -0.403. The van der Waals surface area contributed by atoms with E-state index in [0.29, 0.717) is 17.6 Å². The van der Waals surface area contributed by atoms with Gasteiger partial charge in [0.05, 0.1) is 11.1 Å². The monoisotopic (exact) mass is 221 g/mol. The second-order valence-electron chi connectivity index (χ2n) is 2.82. The van der Waals surface area contributed by atoms with E-state index >= 15 is 0 Å². The zero-order chi connectivity index (χ0) is 12.6. The van der Waals surface area contributed by atoms with Crippen molar-refractivity contribution in [3.05, 3.63) is 49.1 Å². The van der Waals surface area contributed by atoms with Crippen LogP contribution in [0.4, 0.5) is 0 Å². The molecule has 0 aromatic carbocycles. The van der Waals surface area contributed by atoms with Crippen LogP contribution < -0.4 is 5.32 Å². The highest BCUT2D eigenvalue weighted by Crippen LogP contribution is 2.13. The van der Waals surface area contributed by atoms with Crippen LogP contribution in [0.1, 0.15) is 6.42 Å². The first-order valence-corrected chi connectivity index (χ1v) is 4.68. The average Bonchev–Trinajstić information content (AvgIpc) is 2.54. The molecule has 0 radical (unpaired) electrons. The molecule has 0 saturated heterocycles. The van der Waals surface area contributed by atoms with E-state index in [-0.39, 0.29) is 6.61 Å². The van der Waals surface area contributed by atoms with Gasteiger partial charge in [0, 0.05) is 6.61 Å². The van der Waals surface area contributed by atoms with Crippen LogP contribution in [-0.2, 0) is 9.59 Å². The number of hydrogen-bond donors (Lipinski definition) is 2. The predicted molar refractivity (Wildman–Crippen MR) is 62.5 cm³/mol. The summed E-state index contributed by atoms with van der Waals surface area (Å²) in [5, 5.41) is 10.1. The lowest BCUT2D eigenvalue weighted by Crippen LogP contribution is -2.22. The first-order chi connectivity index (χ1) is 7.62. The lowest BCUT2D eigenvalue weighted by atomic mass is 10.1. The Kier molecular flexibility index (Phi) is 6.47. The van der Waals surface area contributed by atoms with Gasteiger partial charge in [-0.15, -0.1) is 6.58 Å². The van der Waals surface area contributed by atoms with Crippen LogP contribution >= 0.6 is 0 Å². The van der Waals surface area contributed by atoms with Crippen LogP contribution in [0, 0.1) is 0 Å². The summed E-state index contributed by atoms with van der Waals surface area (Å²) in [5.74, 6) is -0.806. The Morgan fingerprint density at radius 1 is 1.06 bits per heavy atom. The minimum Gasteiger partial charge on any atom is -0.396 e. The van der Waals surface area contributed by atoms with Crippen molar-refractivity contribution >= 4 is 11.8 Å². The number of nitrogens with one attached hydrogen (secondary N) is 1. The zero-order valence-corrected chi connectivity index (χ0v) is 9.03. The van der Waals surface area contributed by atoms with Crippen molar-refractivity contribution in [2.75, 3.05) is 6.61 Å². The molecule has 0 saturated carbocycles. The fourth-order valence-corrected chi connectivity index (χ4v) is 0.979. The van der Waals surface area contributed by atoms with Gasteiger partial charge in [-0.2, -0.15) is 0 Å². The molecule has 0 fully saturated rings. The number of amides is 2. The Balaban J connectivity index is 0.000000385. The molecule has 2 N–H and O–H groups in total. The molecule has 4 heteroatoms. The molecule has 2 amide bonds. The van der Waals surface area contributed by atoms with Crippen molar-refractivity contribution < 1.29 is 14.7 Å². The van der Waals surface area contributed by atoms with Crippen molar-refractivity contribution in [3.8, 4) is 0 Å². The van der Waals surface area contributed by atoms with Crippen molar-refractivity contribution in [3.63, 3.8) is 0 Å². The smallest absolute Gasteiger partial charge is 0.258 e. The van der Waals surface area contributed by atoms with Crippen molar-refractivity contribution in [2.45, 2.75) is 6.42 Å². The second-order valence-corrected chi connectivity index (χ2v) is 2.82. The lowest BCUT2D eigenvalue weighted by Gasteiger charge is -1.86. The molecule has 0 unspecified atom stereocenters. The van der Waals surface area contributed by atoms with Crippen LogP contribution in [0.2, 0.25) is 0 Å². The third-order valence-corrected chi connectivity index (χ3v) is 1.75. The summed E-state index contributed by atoms with van der Waals surface area (Å²) in [6.07, 6.45) is 5.08. The van der Waals surface area contributed by atoms with Crippen LogP contribution in [0.5, 0.6) is 0 Å². The molecule has 1 heterocycles. The summed E-state index contributed by atoms with van der Waals surface area (Å²) in [5.41, 5.74) is 0.593. The first kappa shape index (κ1) is 14.1. The number of aliphatic hydroxyl groups excluding tert-OH is 1. The van der Waals surface area contributed by atoms with E-state index in [4.69, 9.17) is 5.11 Å². The normalized spacial score (nSPS) is 13.8. The van der Waals surface area contributed by atoms with E-state index in [2.05, 4.69) is 25.1 Å². The minimum absolute atomic E-state index is 0.226. The Bertz CT molecular complexity index is 325. The Hall–Kier alpha value is -1.94. The van der Waals surface area contributed by atoms with Gasteiger partial charge in [0.15, 0.2) is 0 Å². The molecule has 0 aliphatic carbocycles. The fourth-order valence-electron chi connectivity index (χ4n) is 0.979. The highest BCUT2D eigenvalue weighted by atomic mass is 16.2. The molecule has 0 aromatic heterocycles. The molecule has 1 aliphatic heterocycles. The van der Waals surface area contributed by atoms with E-state index in [1.807, 2.05) is 0 Å². The van der Waals surface area contributed by atoms with Crippen LogP contribution in [0.25, 0.3) is 0 Å². The standard InChI is InChI=1S/C8H7NO2.C4H8O/c1-3-5-6(4-2)8(11)9-7(5)10;1-2-3-4-5/h3-4H,1-2H2,(H,9,10,11);2,5H,1,3-4H2. The summed E-state index contributed by atoms with van der Waals surface area (Å²) in [7, 11) is 0. The summed E-state index contributed by atoms with van der Waals surface area (Å²) < 4.78 is 0. The maximum absolute atomic E-state index is 10.9. The molecule has 0 bridgehead atoms. The number of hydrogen-bond acceptors (Lipinski definition) is 3. The highest BCUT2D eigenvalue weighted by molar-refractivity contribution is 6.21. The van der Waals surface area contributed by atoms with E-state index in [0.717, 1.165) is 0 Å². The average molecular weight is 221 g/mol. The molecule has 16 heavy (non-hydrogen) atoms. The maximum Gasteiger partial charge on any atom is 0.258 e. The van der Waals surface area contributed by atoms with E-state index < -0.39 is 11.8 Å². The van der Waals surface area contributed by atoms with Gasteiger partial charge in [-0.1, -0.05) is 31.4 Å². The van der Waals surface area contributed by atoms with Gasteiger partial charge < -0.3 is 5.11 Å². The Morgan fingerprint density at radius 3 is 1.69 bits per heavy atom. The van der Waals surface area contributed by atoms with Gasteiger partial charge in [-0.25, -0.2) is 0 Å². The molecule has 0 spiro atoms. The van der Waals surface area contributed by atoms with Gasteiger partial charge >= 0.3 is 0 Å². The molecular formula is C12H15NO3. The van der Waals surface area contributed by atoms with Crippen molar-refractivity contribution in [1.82, 2.24) is 5.32 Å². The molecule has 4 nitrogen and oxygen atoms in total. The van der Waals surface area contributed by atoms with Gasteiger partial charge in [0.25, 0.3) is 11.8 Å². The fraction of sp³-hybridized carbons (Fsp3) is 0.167. The van der Waals surface area contributed by atoms with E-state index in [9.17, 15) is 9.59 Å². The molecule has 0 atom stereocenters. The van der Waals surface area contributed by atoms with Crippen molar-refractivity contribution in [1.29, 1.82) is 0 Å². The topological polar surface area (TPSA) is 66.4 Å². The number of aliphatic hydroxyl groups is 1. The van der Waals surface area contributed by atoms with Gasteiger partial charge in [0.1, 0.15) is 0 Å². The van der Waals surface area contributed by atoms with Gasteiger partial charge in [0.2, 0.25) is 0 Å². The van der Waals surface area contributed by atoms with Crippen LogP contribution in [0.3, 0.4) is 0 Å². The molecule has 1 aliphatic rings. The van der Waals surface area contributed by atoms with Gasteiger partial charge in [-0.05, 0) is 6.42 Å². The predicted octanol–water partition coefficient (Wildman–Crippen LogP) is 0.866. The number of carbonyl (C=O) groups is 2. The molecular weight excluding hydrogens is 206 g/mol. The summed E-state index contributed by atoms with van der Waals surface area (Å²) in [6.45, 7) is 10.4. The molecule has 1 rings (SSSR count). The van der Waals surface area contributed by atoms with Gasteiger partial charge in [-0.3, -0.25) is 14.9 Å². The third kappa shape index (κ3) is 3.67. The number of carbonyl (C=O) groups excluding carboxylic acids is 2. The Labute approximate surface area is 94.7 Å². The SMILES string of the molecule is C=CC1=C(C=C)C(=O)NC1=O.C=CCCO. The zero-order valence-electron chi connectivity index (χ0n) is 9.03.